The van der Waals surface area contributed by atoms with Crippen molar-refractivity contribution in [1.29, 1.82) is 0 Å². The maximum atomic E-state index is 13.3. The van der Waals surface area contributed by atoms with Gasteiger partial charge in [-0.05, 0) is 18.9 Å². The van der Waals surface area contributed by atoms with Gasteiger partial charge in [0, 0.05) is 18.8 Å². The van der Waals surface area contributed by atoms with Crippen LogP contribution in [-0.2, 0) is 11.3 Å². The highest BCUT2D eigenvalue weighted by molar-refractivity contribution is 5.96. The first kappa shape index (κ1) is 18.9. The topological polar surface area (TPSA) is 75.4 Å². The predicted molar refractivity (Wildman–Crippen MR) is 89.2 cm³/mol. The molecule has 0 bridgehead atoms. The molecular formula is C18H18F3N3O3. The number of likely N-dealkylation sites (tertiary alicyclic amines) is 1. The van der Waals surface area contributed by atoms with Crippen molar-refractivity contribution in [2.24, 2.45) is 5.41 Å². The Morgan fingerprint density at radius 2 is 1.93 bits per heavy atom. The number of amides is 1. The molecule has 27 heavy (non-hydrogen) atoms. The summed E-state index contributed by atoms with van der Waals surface area (Å²) in [6, 6.07) is 9.40. The normalized spacial score (nSPS) is 20.1. The zero-order valence-corrected chi connectivity index (χ0v) is 14.5. The number of rotatable bonds is 4. The van der Waals surface area contributed by atoms with Crippen molar-refractivity contribution < 1.29 is 27.9 Å². The third-order valence-corrected chi connectivity index (χ3v) is 5.02. The third kappa shape index (κ3) is 3.29. The Hall–Kier alpha value is -2.84. The first-order valence-electron chi connectivity index (χ1n) is 8.31. The highest BCUT2D eigenvalue weighted by atomic mass is 19.4. The van der Waals surface area contributed by atoms with Gasteiger partial charge >= 0.3 is 12.1 Å². The van der Waals surface area contributed by atoms with E-state index in [0.717, 1.165) is 10.5 Å². The molecule has 6 nitrogen and oxygen atoms in total. The average Bonchev–Trinajstić information content (AvgIpc) is 3.21. The minimum atomic E-state index is -4.93. The number of hydrogen-bond donors (Lipinski definition) is 1. The molecule has 0 radical (unpaired) electrons. The smallest absolute Gasteiger partial charge is 0.406 e. The SMILES string of the molecule is Cc1c(C(=O)N2CCC(C(=O)O)(C(F)(F)F)C2)cnn1Cc1ccccc1. The molecular weight excluding hydrogens is 363 g/mol. The minimum Gasteiger partial charge on any atom is -0.481 e. The molecule has 1 atom stereocenters. The molecule has 1 N–H and O–H groups in total. The molecule has 0 aliphatic carbocycles. The Morgan fingerprint density at radius 1 is 1.26 bits per heavy atom. The van der Waals surface area contributed by atoms with Crippen molar-refractivity contribution in [2.45, 2.75) is 26.1 Å². The van der Waals surface area contributed by atoms with Crippen LogP contribution in [0.1, 0.15) is 28.0 Å². The maximum Gasteiger partial charge on any atom is 0.406 e. The summed E-state index contributed by atoms with van der Waals surface area (Å²) in [5.74, 6) is -2.60. The lowest BCUT2D eigenvalue weighted by Gasteiger charge is -2.27. The van der Waals surface area contributed by atoms with Gasteiger partial charge in [-0.25, -0.2) is 0 Å². The molecule has 144 valence electrons. The molecule has 1 unspecified atom stereocenters. The summed E-state index contributed by atoms with van der Waals surface area (Å²) < 4.78 is 41.5. The van der Waals surface area contributed by atoms with Gasteiger partial charge in [-0.15, -0.1) is 0 Å². The van der Waals surface area contributed by atoms with Gasteiger partial charge in [0.1, 0.15) is 0 Å². The van der Waals surface area contributed by atoms with Crippen LogP contribution in [0.15, 0.2) is 36.5 Å². The quantitative estimate of drug-likeness (QED) is 0.884. The number of carbonyl (C=O) groups excluding carboxylic acids is 1. The highest BCUT2D eigenvalue weighted by Gasteiger charge is 2.64. The molecule has 1 fully saturated rings. The van der Waals surface area contributed by atoms with Crippen LogP contribution >= 0.6 is 0 Å². The van der Waals surface area contributed by atoms with Gasteiger partial charge in [0.25, 0.3) is 5.91 Å². The van der Waals surface area contributed by atoms with Gasteiger partial charge < -0.3 is 10.0 Å². The van der Waals surface area contributed by atoms with Crippen molar-refractivity contribution in [2.75, 3.05) is 13.1 Å². The molecule has 2 aromatic rings. The summed E-state index contributed by atoms with van der Waals surface area (Å²) in [5, 5.41) is 13.3. The monoisotopic (exact) mass is 381 g/mol. The summed E-state index contributed by atoms with van der Waals surface area (Å²) in [5.41, 5.74) is -1.26. The molecule has 0 spiro atoms. The number of carboxylic acids is 1. The number of benzene rings is 1. The van der Waals surface area contributed by atoms with Crippen molar-refractivity contribution in [3.05, 3.63) is 53.3 Å². The van der Waals surface area contributed by atoms with E-state index in [1.165, 1.54) is 6.20 Å². The minimum absolute atomic E-state index is 0.175. The second-order valence-electron chi connectivity index (χ2n) is 6.65. The molecule has 1 aliphatic heterocycles. The fraction of sp³-hybridized carbons (Fsp3) is 0.389. The van der Waals surface area contributed by atoms with E-state index in [0.29, 0.717) is 12.2 Å². The predicted octanol–water partition coefficient (Wildman–Crippen LogP) is 2.72. The molecule has 0 saturated carbocycles. The third-order valence-electron chi connectivity index (χ3n) is 5.02. The summed E-state index contributed by atoms with van der Waals surface area (Å²) in [6.45, 7) is 0.914. The van der Waals surface area contributed by atoms with Gasteiger partial charge in [-0.1, -0.05) is 30.3 Å². The van der Waals surface area contributed by atoms with E-state index >= 15 is 0 Å². The van der Waals surface area contributed by atoms with E-state index in [2.05, 4.69) is 5.10 Å². The second kappa shape index (κ2) is 6.71. The van der Waals surface area contributed by atoms with E-state index in [-0.39, 0.29) is 12.1 Å². The maximum absolute atomic E-state index is 13.3. The standard InChI is InChI=1S/C18H18F3N3O3/c1-12-14(9-22-24(12)10-13-5-3-2-4-6-13)15(25)23-8-7-17(11-23,16(26)27)18(19,20)21/h2-6,9H,7-8,10-11H2,1H3,(H,26,27). The van der Waals surface area contributed by atoms with Crippen LogP contribution in [0.25, 0.3) is 0 Å². The second-order valence-corrected chi connectivity index (χ2v) is 6.65. The number of carboxylic acid groups (broad SMARTS) is 1. The first-order chi connectivity index (χ1) is 12.7. The van der Waals surface area contributed by atoms with E-state index in [9.17, 15) is 22.8 Å². The number of aliphatic carboxylic acids is 1. The Kier molecular flexibility index (Phi) is 4.71. The van der Waals surface area contributed by atoms with Crippen LogP contribution in [0.3, 0.4) is 0 Å². The van der Waals surface area contributed by atoms with Crippen molar-refractivity contribution in [3.63, 3.8) is 0 Å². The Bertz CT molecular complexity index is 864. The Balaban J connectivity index is 1.80. The van der Waals surface area contributed by atoms with E-state index in [4.69, 9.17) is 5.11 Å². The lowest BCUT2D eigenvalue weighted by Crippen LogP contribution is -2.47. The first-order valence-corrected chi connectivity index (χ1v) is 8.31. The molecule has 9 heteroatoms. The van der Waals surface area contributed by atoms with Crippen LogP contribution < -0.4 is 0 Å². The molecule has 1 aliphatic rings. The number of hydrogen-bond acceptors (Lipinski definition) is 3. The van der Waals surface area contributed by atoms with Crippen LogP contribution in [0, 0.1) is 12.3 Å². The fourth-order valence-corrected chi connectivity index (χ4v) is 3.25. The zero-order valence-electron chi connectivity index (χ0n) is 14.5. The van der Waals surface area contributed by atoms with Gasteiger partial charge in [0.2, 0.25) is 0 Å². The van der Waals surface area contributed by atoms with Crippen LogP contribution in [0.5, 0.6) is 0 Å². The highest BCUT2D eigenvalue weighted by Crippen LogP contribution is 2.46. The summed E-state index contributed by atoms with van der Waals surface area (Å²) in [6.07, 6.45) is -4.27. The number of aromatic nitrogens is 2. The van der Waals surface area contributed by atoms with Crippen molar-refractivity contribution in [1.82, 2.24) is 14.7 Å². The van der Waals surface area contributed by atoms with E-state index < -0.39 is 36.4 Å². The number of alkyl halides is 3. The van der Waals surface area contributed by atoms with Gasteiger partial charge in [0.15, 0.2) is 5.41 Å². The average molecular weight is 381 g/mol. The van der Waals surface area contributed by atoms with E-state index in [1.807, 2.05) is 30.3 Å². The number of nitrogens with zero attached hydrogens (tertiary/aromatic N) is 3. The lowest BCUT2D eigenvalue weighted by atomic mass is 9.86. The fourth-order valence-electron chi connectivity index (χ4n) is 3.25. The molecule has 1 amide bonds. The summed E-state index contributed by atoms with van der Waals surface area (Å²) >= 11 is 0. The van der Waals surface area contributed by atoms with Crippen LogP contribution in [0.2, 0.25) is 0 Å². The summed E-state index contributed by atoms with van der Waals surface area (Å²) in [4.78, 5) is 24.9. The van der Waals surface area contributed by atoms with Gasteiger partial charge in [0.05, 0.1) is 18.3 Å². The Morgan fingerprint density at radius 3 is 2.48 bits per heavy atom. The largest absolute Gasteiger partial charge is 0.481 e. The van der Waals surface area contributed by atoms with Gasteiger partial charge in [-0.2, -0.15) is 18.3 Å². The van der Waals surface area contributed by atoms with Crippen LogP contribution in [0.4, 0.5) is 13.2 Å². The van der Waals surface area contributed by atoms with Gasteiger partial charge in [-0.3, -0.25) is 14.3 Å². The molecule has 1 saturated heterocycles. The van der Waals surface area contributed by atoms with Crippen LogP contribution in [-0.4, -0.2) is 50.9 Å². The number of carbonyl (C=O) groups is 2. The van der Waals surface area contributed by atoms with Crippen molar-refractivity contribution in [3.8, 4) is 0 Å². The van der Waals surface area contributed by atoms with Crippen molar-refractivity contribution >= 4 is 11.9 Å². The molecule has 2 heterocycles. The Labute approximate surface area is 153 Å². The lowest BCUT2D eigenvalue weighted by molar-refractivity contribution is -0.227. The molecule has 1 aromatic carbocycles. The number of halogens is 3. The molecule has 1 aromatic heterocycles. The summed E-state index contributed by atoms with van der Waals surface area (Å²) in [7, 11) is 0. The zero-order chi connectivity index (χ0) is 19.8. The van der Waals surface area contributed by atoms with E-state index in [1.54, 1.807) is 11.6 Å². The molecule has 3 rings (SSSR count).